The van der Waals surface area contributed by atoms with E-state index in [-0.39, 0.29) is 12.4 Å². The lowest BCUT2D eigenvalue weighted by molar-refractivity contribution is 0.00257. The third-order valence-electron chi connectivity index (χ3n) is 3.68. The number of hydrogen-bond acceptors (Lipinski definition) is 7. The van der Waals surface area contributed by atoms with Gasteiger partial charge in [-0.05, 0) is 52.4 Å². The molecule has 1 fully saturated rings. The van der Waals surface area contributed by atoms with Crippen LogP contribution in [0.3, 0.4) is 0 Å². The Bertz CT molecular complexity index is 718. The van der Waals surface area contributed by atoms with Gasteiger partial charge in [0.15, 0.2) is 0 Å². The second-order valence-corrected chi connectivity index (χ2v) is 7.84. The van der Waals surface area contributed by atoms with Crippen LogP contribution in [0.5, 0.6) is 0 Å². The fraction of sp³-hybridized carbons (Fsp3) is 0.429. The van der Waals surface area contributed by atoms with Crippen molar-refractivity contribution in [1.82, 2.24) is 14.5 Å². The molecule has 0 amide bonds. The smallest absolute Gasteiger partial charge is 0.378 e. The van der Waals surface area contributed by atoms with Crippen molar-refractivity contribution in [2.45, 2.75) is 19.6 Å². The predicted molar refractivity (Wildman–Crippen MR) is 89.8 cm³/mol. The molecule has 1 saturated heterocycles. The van der Waals surface area contributed by atoms with Crippen LogP contribution < -0.4 is 4.65 Å². The molecular formula is C14H16BrN3O4S. The summed E-state index contributed by atoms with van der Waals surface area (Å²) in [6.45, 7) is 2.48. The summed E-state index contributed by atoms with van der Waals surface area (Å²) in [4.78, 5) is 18.2. The lowest BCUT2D eigenvalue weighted by Gasteiger charge is -2.38. The van der Waals surface area contributed by atoms with Gasteiger partial charge in [-0.1, -0.05) is 6.92 Å². The highest BCUT2D eigenvalue weighted by Gasteiger charge is 2.45. The van der Waals surface area contributed by atoms with Crippen LogP contribution in [0.2, 0.25) is 0 Å². The summed E-state index contributed by atoms with van der Waals surface area (Å²) in [5.41, 5.74) is 0.909. The van der Waals surface area contributed by atoms with E-state index in [1.807, 2.05) is 18.9 Å². The van der Waals surface area contributed by atoms with Crippen LogP contribution in [-0.2, 0) is 11.2 Å². The van der Waals surface area contributed by atoms with Crippen molar-refractivity contribution in [3.63, 3.8) is 0 Å². The Morgan fingerprint density at radius 2 is 2.48 bits per heavy atom. The number of hydroxylamine groups is 2. The molecule has 0 saturated carbocycles. The van der Waals surface area contributed by atoms with Crippen LogP contribution in [0.25, 0.3) is 0 Å². The van der Waals surface area contributed by atoms with Crippen molar-refractivity contribution in [3.05, 3.63) is 38.8 Å². The third-order valence-corrected chi connectivity index (χ3v) is 5.27. The first-order valence-corrected chi connectivity index (χ1v) is 8.71. The van der Waals surface area contributed by atoms with Crippen LogP contribution >= 0.6 is 27.3 Å². The van der Waals surface area contributed by atoms with E-state index >= 15 is 0 Å². The molecule has 0 spiro atoms. The van der Waals surface area contributed by atoms with Crippen molar-refractivity contribution >= 4 is 38.4 Å². The van der Waals surface area contributed by atoms with Gasteiger partial charge in [0.05, 0.1) is 22.8 Å². The first-order chi connectivity index (χ1) is 10.9. The third kappa shape index (κ3) is 3.20. The Labute approximate surface area is 145 Å². The molecule has 3 rings (SSSR count). The lowest BCUT2D eigenvalue weighted by Crippen LogP contribution is -2.50. The Balaban J connectivity index is 1.81. The predicted octanol–water partition coefficient (Wildman–Crippen LogP) is 2.95. The molecule has 2 aromatic rings. The van der Waals surface area contributed by atoms with Gasteiger partial charge in [0, 0.05) is 0 Å². The molecule has 2 unspecified atom stereocenters. The Morgan fingerprint density at radius 3 is 3.09 bits per heavy atom. The summed E-state index contributed by atoms with van der Waals surface area (Å²) in [5, 5.41) is 13.6. The number of esters is 1. The summed E-state index contributed by atoms with van der Waals surface area (Å²) in [6.07, 6.45) is 2.99. The molecule has 2 atom stereocenters. The zero-order valence-corrected chi connectivity index (χ0v) is 15.1. The van der Waals surface area contributed by atoms with Gasteiger partial charge in [-0.2, -0.15) is 4.98 Å². The second-order valence-electron chi connectivity index (χ2n) is 5.46. The number of carbonyl (C=O) groups is 1. The molecule has 23 heavy (non-hydrogen) atoms. The van der Waals surface area contributed by atoms with Gasteiger partial charge in [-0.15, -0.1) is 0 Å². The Kier molecular flexibility index (Phi) is 4.56. The molecular weight excluding hydrogens is 386 g/mol. The largest absolute Gasteiger partial charge is 0.622 e. The molecule has 3 heterocycles. The molecule has 0 aromatic carbocycles. The molecule has 1 aliphatic heterocycles. The minimum Gasteiger partial charge on any atom is -0.622 e. The van der Waals surface area contributed by atoms with Crippen molar-refractivity contribution in [2.24, 2.45) is 0 Å². The maximum atomic E-state index is 13.2. The standard InChI is InChI=1S/C14H16BrN3O4S/c1-3-9-4-10(21-7-9)13(19)22-12-6-17(2)8-18(12,20)14-16-5-11(15)23-14/h4-5,7,12H,3,6,8H2,1-2H3. The summed E-state index contributed by atoms with van der Waals surface area (Å²) in [7, 11) is 1.81. The summed E-state index contributed by atoms with van der Waals surface area (Å²) in [6, 6.07) is 1.64. The van der Waals surface area contributed by atoms with Gasteiger partial charge >= 0.3 is 5.97 Å². The van der Waals surface area contributed by atoms with Crippen molar-refractivity contribution in [2.75, 3.05) is 20.3 Å². The van der Waals surface area contributed by atoms with Crippen LogP contribution in [0.1, 0.15) is 23.0 Å². The number of carbonyl (C=O) groups excluding carboxylic acids is 1. The Hall–Kier alpha value is -1.26. The molecule has 0 radical (unpaired) electrons. The van der Waals surface area contributed by atoms with Crippen molar-refractivity contribution < 1.29 is 13.9 Å². The van der Waals surface area contributed by atoms with E-state index in [0.717, 1.165) is 15.8 Å². The van der Waals surface area contributed by atoms with Gasteiger partial charge in [-0.25, -0.2) is 9.69 Å². The highest BCUT2D eigenvalue weighted by Crippen LogP contribution is 2.36. The van der Waals surface area contributed by atoms with E-state index in [9.17, 15) is 10.0 Å². The summed E-state index contributed by atoms with van der Waals surface area (Å²) >= 11 is 4.55. The number of thiazole rings is 1. The van der Waals surface area contributed by atoms with E-state index in [0.29, 0.717) is 11.7 Å². The molecule has 0 N–H and O–H groups in total. The van der Waals surface area contributed by atoms with E-state index < -0.39 is 16.8 Å². The highest BCUT2D eigenvalue weighted by molar-refractivity contribution is 9.11. The molecule has 124 valence electrons. The number of halogens is 1. The number of nitrogens with zero attached hydrogens (tertiary/aromatic N) is 3. The maximum Gasteiger partial charge on any atom is 0.378 e. The Morgan fingerprint density at radius 1 is 1.70 bits per heavy atom. The molecule has 7 nitrogen and oxygen atoms in total. The monoisotopic (exact) mass is 401 g/mol. The number of rotatable bonds is 4. The fourth-order valence-corrected chi connectivity index (χ4v) is 3.73. The average molecular weight is 402 g/mol. The SMILES string of the molecule is CCc1coc(C(=O)OC2CN(C)C[N+]2([O-])c2ncc(Br)s2)c1. The lowest BCUT2D eigenvalue weighted by atomic mass is 10.2. The zero-order valence-electron chi connectivity index (χ0n) is 12.7. The number of aryl methyl sites for hydroxylation is 1. The van der Waals surface area contributed by atoms with E-state index in [4.69, 9.17) is 9.15 Å². The highest BCUT2D eigenvalue weighted by atomic mass is 79.9. The first kappa shape index (κ1) is 16.6. The number of likely N-dealkylation sites (N-methyl/N-ethyl adjacent to an activating group) is 1. The van der Waals surface area contributed by atoms with Crippen LogP contribution in [0.15, 0.2) is 26.7 Å². The molecule has 0 aliphatic carbocycles. The van der Waals surface area contributed by atoms with E-state index in [2.05, 4.69) is 20.9 Å². The van der Waals surface area contributed by atoms with Gasteiger partial charge in [0.25, 0.3) is 11.4 Å². The van der Waals surface area contributed by atoms with Gasteiger partial charge < -0.3 is 14.4 Å². The topological polar surface area (TPSA) is 78.6 Å². The molecule has 1 aliphatic rings. The molecule has 2 aromatic heterocycles. The second kappa shape index (κ2) is 6.33. The zero-order chi connectivity index (χ0) is 16.6. The number of ether oxygens (including phenoxy) is 1. The average Bonchev–Trinajstić information content (AvgIpc) is 3.19. The number of hydrogen-bond donors (Lipinski definition) is 0. The molecule has 0 bridgehead atoms. The van der Waals surface area contributed by atoms with Crippen molar-refractivity contribution in [1.29, 1.82) is 0 Å². The van der Waals surface area contributed by atoms with Crippen molar-refractivity contribution in [3.8, 4) is 0 Å². The quantitative estimate of drug-likeness (QED) is 0.445. The summed E-state index contributed by atoms with van der Waals surface area (Å²) in [5.74, 6) is -0.512. The minimum absolute atomic E-state index is 0.114. The van der Waals surface area contributed by atoms with Crippen LogP contribution in [0.4, 0.5) is 5.13 Å². The van der Waals surface area contributed by atoms with Gasteiger partial charge in [0.2, 0.25) is 5.76 Å². The minimum atomic E-state index is -0.874. The summed E-state index contributed by atoms with van der Waals surface area (Å²) < 4.78 is 10.6. The number of furan rings is 1. The first-order valence-electron chi connectivity index (χ1n) is 7.10. The van der Waals surface area contributed by atoms with Gasteiger partial charge in [0.1, 0.15) is 6.67 Å². The van der Waals surface area contributed by atoms with Crippen LogP contribution in [-0.4, -0.2) is 42.3 Å². The normalized spacial score (nSPS) is 25.0. The van der Waals surface area contributed by atoms with E-state index in [1.165, 1.54) is 17.6 Å². The molecule has 9 heteroatoms. The maximum absolute atomic E-state index is 13.2. The van der Waals surface area contributed by atoms with Gasteiger partial charge in [-0.3, -0.25) is 4.65 Å². The van der Waals surface area contributed by atoms with Crippen LogP contribution in [0, 0.1) is 5.21 Å². The fourth-order valence-electron chi connectivity index (χ4n) is 2.48. The number of aromatic nitrogens is 1. The van der Waals surface area contributed by atoms with E-state index in [1.54, 1.807) is 12.3 Å². The number of quaternary nitrogens is 1.